The number of piperidine rings is 1. The lowest BCUT2D eigenvalue weighted by Crippen LogP contribution is -2.41. The number of furan rings is 1. The smallest absolute Gasteiger partial charge is 0.273 e. The van der Waals surface area contributed by atoms with Gasteiger partial charge >= 0.3 is 0 Å². The molecule has 4 rings (SSSR count). The molecule has 7 heteroatoms. The first-order valence-electron chi connectivity index (χ1n) is 8.00. The van der Waals surface area contributed by atoms with Gasteiger partial charge in [0.25, 0.3) is 5.91 Å². The summed E-state index contributed by atoms with van der Waals surface area (Å²) in [5.41, 5.74) is 1.63. The summed E-state index contributed by atoms with van der Waals surface area (Å²) in [7, 11) is 0. The van der Waals surface area contributed by atoms with Gasteiger partial charge in [-0.2, -0.15) is 5.10 Å². The molecule has 1 amide bonds. The summed E-state index contributed by atoms with van der Waals surface area (Å²) in [6, 6.07) is 3.91. The molecule has 1 atom stereocenters. The predicted molar refractivity (Wildman–Crippen MR) is 91.0 cm³/mol. The van der Waals surface area contributed by atoms with Crippen LogP contribution in [0.2, 0.25) is 0 Å². The Morgan fingerprint density at radius 3 is 3.12 bits per heavy atom. The van der Waals surface area contributed by atoms with Crippen LogP contribution < -0.4 is 0 Å². The van der Waals surface area contributed by atoms with Crippen LogP contribution >= 0.6 is 11.3 Å². The predicted octanol–water partition coefficient (Wildman–Crippen LogP) is 3.39. The lowest BCUT2D eigenvalue weighted by Gasteiger charge is -2.32. The molecular formula is C17H18N4O2S. The van der Waals surface area contributed by atoms with E-state index in [1.54, 1.807) is 6.26 Å². The van der Waals surface area contributed by atoms with Crippen molar-refractivity contribution < 1.29 is 9.21 Å². The van der Waals surface area contributed by atoms with Gasteiger partial charge < -0.3 is 9.32 Å². The molecule has 1 aliphatic rings. The standard InChI is InChI=1S/C17H18N4O2S/c1-12-8-18-21(9-12)13-4-2-6-20(10-13)17(22)14-11-24-16(19-14)15-5-3-7-23-15/h3,5,7-9,11,13H,2,4,6,10H2,1H3/t13-/m0/s1. The van der Waals surface area contributed by atoms with Crippen LogP contribution in [0.4, 0.5) is 0 Å². The van der Waals surface area contributed by atoms with Crippen molar-refractivity contribution in [2.24, 2.45) is 0 Å². The van der Waals surface area contributed by atoms with E-state index in [1.807, 2.05) is 46.4 Å². The van der Waals surface area contributed by atoms with Gasteiger partial charge in [-0.3, -0.25) is 9.48 Å². The zero-order valence-electron chi connectivity index (χ0n) is 13.4. The number of nitrogens with zero attached hydrogens (tertiary/aromatic N) is 4. The molecule has 0 aromatic carbocycles. The SMILES string of the molecule is Cc1cnn([C@H]2CCCN(C(=O)c3csc(-c4ccco4)n3)C2)c1. The van der Waals surface area contributed by atoms with Crippen molar-refractivity contribution in [1.82, 2.24) is 19.7 Å². The molecule has 6 nitrogen and oxygen atoms in total. The van der Waals surface area contributed by atoms with Gasteiger partial charge in [0.2, 0.25) is 0 Å². The molecule has 3 aromatic heterocycles. The third-order valence-corrected chi connectivity index (χ3v) is 5.10. The third kappa shape index (κ3) is 2.87. The Balaban J connectivity index is 1.50. The zero-order chi connectivity index (χ0) is 16.5. The Morgan fingerprint density at radius 1 is 1.46 bits per heavy atom. The van der Waals surface area contributed by atoms with Gasteiger partial charge in [0.1, 0.15) is 5.69 Å². The molecule has 0 spiro atoms. The molecule has 1 saturated heterocycles. The summed E-state index contributed by atoms with van der Waals surface area (Å²) in [6.45, 7) is 3.47. The minimum atomic E-state index is -0.0161. The van der Waals surface area contributed by atoms with Crippen molar-refractivity contribution in [3.63, 3.8) is 0 Å². The Labute approximate surface area is 143 Å². The third-order valence-electron chi connectivity index (χ3n) is 4.24. The number of hydrogen-bond donors (Lipinski definition) is 0. The molecule has 24 heavy (non-hydrogen) atoms. The first-order chi connectivity index (χ1) is 11.7. The molecule has 0 unspecified atom stereocenters. The minimum Gasteiger partial charge on any atom is -0.462 e. The first-order valence-corrected chi connectivity index (χ1v) is 8.88. The van der Waals surface area contributed by atoms with Crippen LogP contribution in [-0.2, 0) is 0 Å². The summed E-state index contributed by atoms with van der Waals surface area (Å²) in [5, 5.41) is 6.94. The van der Waals surface area contributed by atoms with E-state index in [2.05, 4.69) is 10.1 Å². The average Bonchev–Trinajstić information content (AvgIpc) is 3.34. The highest BCUT2D eigenvalue weighted by molar-refractivity contribution is 7.13. The molecule has 0 bridgehead atoms. The van der Waals surface area contributed by atoms with Crippen molar-refractivity contribution in [3.8, 4) is 10.8 Å². The van der Waals surface area contributed by atoms with Gasteiger partial charge in [-0.25, -0.2) is 4.98 Å². The van der Waals surface area contributed by atoms with E-state index in [1.165, 1.54) is 11.3 Å². The highest BCUT2D eigenvalue weighted by atomic mass is 32.1. The fourth-order valence-electron chi connectivity index (χ4n) is 3.04. The average molecular weight is 342 g/mol. The molecule has 4 heterocycles. The molecule has 124 valence electrons. The van der Waals surface area contributed by atoms with Crippen LogP contribution in [0.1, 0.15) is 34.9 Å². The number of rotatable bonds is 3. The second-order valence-electron chi connectivity index (χ2n) is 6.06. The van der Waals surface area contributed by atoms with E-state index in [4.69, 9.17) is 4.42 Å². The Hall–Kier alpha value is -2.41. The van der Waals surface area contributed by atoms with Crippen LogP contribution in [0, 0.1) is 6.92 Å². The van der Waals surface area contributed by atoms with E-state index in [9.17, 15) is 4.79 Å². The van der Waals surface area contributed by atoms with Crippen molar-refractivity contribution in [2.45, 2.75) is 25.8 Å². The van der Waals surface area contributed by atoms with E-state index >= 15 is 0 Å². The van der Waals surface area contributed by atoms with Gasteiger partial charge in [-0.15, -0.1) is 11.3 Å². The Bertz CT molecular complexity index is 837. The second kappa shape index (κ2) is 6.24. The fourth-order valence-corrected chi connectivity index (χ4v) is 3.80. The van der Waals surface area contributed by atoms with Gasteiger partial charge in [0.15, 0.2) is 10.8 Å². The summed E-state index contributed by atoms with van der Waals surface area (Å²) < 4.78 is 7.32. The normalized spacial score (nSPS) is 18.0. The van der Waals surface area contributed by atoms with E-state index in [-0.39, 0.29) is 11.9 Å². The van der Waals surface area contributed by atoms with Crippen molar-refractivity contribution in [1.29, 1.82) is 0 Å². The van der Waals surface area contributed by atoms with Crippen LogP contribution in [0.15, 0.2) is 40.6 Å². The van der Waals surface area contributed by atoms with Crippen LogP contribution in [0.25, 0.3) is 10.8 Å². The summed E-state index contributed by atoms with van der Waals surface area (Å²) in [5.74, 6) is 0.681. The maximum Gasteiger partial charge on any atom is 0.273 e. The molecule has 0 aliphatic carbocycles. The minimum absolute atomic E-state index is 0.0161. The highest BCUT2D eigenvalue weighted by Gasteiger charge is 2.27. The molecule has 0 N–H and O–H groups in total. The Morgan fingerprint density at radius 2 is 2.38 bits per heavy atom. The van der Waals surface area contributed by atoms with Crippen LogP contribution in [0.5, 0.6) is 0 Å². The topological polar surface area (TPSA) is 64.2 Å². The lowest BCUT2D eigenvalue weighted by molar-refractivity contribution is 0.0668. The van der Waals surface area contributed by atoms with Crippen molar-refractivity contribution in [3.05, 3.63) is 47.4 Å². The van der Waals surface area contributed by atoms with E-state index in [0.29, 0.717) is 18.0 Å². The van der Waals surface area contributed by atoms with Crippen LogP contribution in [0.3, 0.4) is 0 Å². The number of aryl methyl sites for hydroxylation is 1. The number of carbonyl (C=O) groups is 1. The fraction of sp³-hybridized carbons (Fsp3) is 0.353. The monoisotopic (exact) mass is 342 g/mol. The zero-order valence-corrected chi connectivity index (χ0v) is 14.2. The highest BCUT2D eigenvalue weighted by Crippen LogP contribution is 2.26. The number of likely N-dealkylation sites (tertiary alicyclic amines) is 1. The number of thiazole rings is 1. The summed E-state index contributed by atoms with van der Waals surface area (Å²) in [4.78, 5) is 19.1. The maximum atomic E-state index is 12.8. The lowest BCUT2D eigenvalue weighted by atomic mass is 10.1. The van der Waals surface area contributed by atoms with Crippen LogP contribution in [-0.4, -0.2) is 38.7 Å². The molecule has 3 aromatic rings. The van der Waals surface area contributed by atoms with E-state index < -0.39 is 0 Å². The summed E-state index contributed by atoms with van der Waals surface area (Å²) >= 11 is 1.43. The molecular weight excluding hydrogens is 324 g/mol. The van der Waals surface area contributed by atoms with Crippen molar-refractivity contribution in [2.75, 3.05) is 13.1 Å². The van der Waals surface area contributed by atoms with Gasteiger partial charge in [-0.1, -0.05) is 0 Å². The number of amides is 1. The number of hydrogen-bond acceptors (Lipinski definition) is 5. The molecule has 0 saturated carbocycles. The molecule has 0 radical (unpaired) electrons. The Kier molecular flexibility index (Phi) is 3.93. The van der Waals surface area contributed by atoms with Gasteiger partial charge in [0.05, 0.1) is 18.5 Å². The summed E-state index contributed by atoms with van der Waals surface area (Å²) in [6.07, 6.45) is 7.52. The van der Waals surface area contributed by atoms with Crippen molar-refractivity contribution >= 4 is 17.2 Å². The maximum absolute atomic E-state index is 12.8. The second-order valence-corrected chi connectivity index (χ2v) is 6.92. The number of carbonyl (C=O) groups excluding carboxylic acids is 1. The largest absolute Gasteiger partial charge is 0.462 e. The van der Waals surface area contributed by atoms with Gasteiger partial charge in [-0.05, 0) is 37.5 Å². The molecule has 1 aliphatic heterocycles. The van der Waals surface area contributed by atoms with Gasteiger partial charge in [0, 0.05) is 24.7 Å². The number of aromatic nitrogens is 3. The first kappa shape index (κ1) is 15.1. The van der Waals surface area contributed by atoms with E-state index in [0.717, 1.165) is 30.0 Å². The molecule has 1 fully saturated rings. The quantitative estimate of drug-likeness (QED) is 0.732.